The van der Waals surface area contributed by atoms with E-state index in [4.69, 9.17) is 11.6 Å². The fourth-order valence-electron chi connectivity index (χ4n) is 1.25. The van der Waals surface area contributed by atoms with Crippen LogP contribution in [0.5, 0.6) is 5.75 Å². The molecule has 0 aromatic heterocycles. The van der Waals surface area contributed by atoms with E-state index in [1.807, 2.05) is 6.92 Å². The number of rotatable bonds is 3. The molecule has 0 fully saturated rings. The van der Waals surface area contributed by atoms with Crippen molar-refractivity contribution in [2.45, 2.75) is 26.7 Å². The Morgan fingerprint density at radius 3 is 2.71 bits per heavy atom. The average molecular weight is 213 g/mol. The first-order valence-corrected chi connectivity index (χ1v) is 4.96. The maximum Gasteiger partial charge on any atom is 0.166 e. The van der Waals surface area contributed by atoms with Gasteiger partial charge in [0, 0.05) is 11.4 Å². The van der Waals surface area contributed by atoms with Gasteiger partial charge in [0.1, 0.15) is 5.75 Å². The summed E-state index contributed by atoms with van der Waals surface area (Å²) in [5, 5.41) is 10.0. The quantitative estimate of drug-likeness (QED) is 0.781. The van der Waals surface area contributed by atoms with Gasteiger partial charge in [0.25, 0.3) is 0 Å². The second-order valence-corrected chi connectivity index (χ2v) is 3.70. The minimum absolute atomic E-state index is 0.0188. The minimum atomic E-state index is -0.0631. The third-order valence-electron chi connectivity index (χ3n) is 2.05. The van der Waals surface area contributed by atoms with Crippen LogP contribution < -0.4 is 0 Å². The first-order chi connectivity index (χ1) is 6.56. The van der Waals surface area contributed by atoms with Gasteiger partial charge in [-0.15, -0.1) is 0 Å². The molecule has 0 atom stereocenters. The van der Waals surface area contributed by atoms with E-state index in [9.17, 15) is 9.90 Å². The number of hydrogen-bond acceptors (Lipinski definition) is 2. The van der Waals surface area contributed by atoms with E-state index < -0.39 is 0 Å². The molecule has 0 unspecified atom stereocenters. The van der Waals surface area contributed by atoms with Crippen molar-refractivity contribution in [3.8, 4) is 5.75 Å². The largest absolute Gasteiger partial charge is 0.507 e. The molecule has 1 rings (SSSR count). The van der Waals surface area contributed by atoms with Crippen LogP contribution in [0.2, 0.25) is 5.02 Å². The van der Waals surface area contributed by atoms with Crippen molar-refractivity contribution in [1.29, 1.82) is 0 Å². The average Bonchev–Trinajstić information content (AvgIpc) is 2.11. The predicted octanol–water partition coefficient (Wildman–Crippen LogP) is 3.34. The first-order valence-electron chi connectivity index (χ1n) is 4.58. The number of carbonyl (C=O) groups excluding carboxylic acids is 1. The molecule has 1 aromatic carbocycles. The lowest BCUT2D eigenvalue weighted by Gasteiger charge is -2.05. The van der Waals surface area contributed by atoms with E-state index in [1.165, 1.54) is 12.1 Å². The molecular weight excluding hydrogens is 200 g/mol. The second kappa shape index (κ2) is 4.47. The summed E-state index contributed by atoms with van der Waals surface area (Å²) in [5.74, 6) is -0.0442. The maximum absolute atomic E-state index is 11.5. The summed E-state index contributed by atoms with van der Waals surface area (Å²) < 4.78 is 0. The summed E-state index contributed by atoms with van der Waals surface area (Å²) in [6, 6.07) is 3.05. The van der Waals surface area contributed by atoms with E-state index >= 15 is 0 Å². The second-order valence-electron chi connectivity index (χ2n) is 3.29. The van der Waals surface area contributed by atoms with Crippen LogP contribution in [-0.2, 0) is 0 Å². The molecule has 0 aliphatic carbocycles. The van der Waals surface area contributed by atoms with E-state index in [2.05, 4.69) is 0 Å². The molecule has 0 saturated carbocycles. The zero-order valence-electron chi connectivity index (χ0n) is 8.30. The zero-order chi connectivity index (χ0) is 10.7. The Morgan fingerprint density at radius 1 is 1.50 bits per heavy atom. The standard InChI is InChI=1S/C11H13ClO2/c1-3-4-10(13)8-6-9(12)7(2)5-11(8)14/h5-6,14H,3-4H2,1-2H3. The monoisotopic (exact) mass is 212 g/mol. The summed E-state index contributed by atoms with van der Waals surface area (Å²) in [5.41, 5.74) is 1.10. The Labute approximate surface area is 88.5 Å². The number of phenols is 1. The van der Waals surface area contributed by atoms with Crippen molar-refractivity contribution in [1.82, 2.24) is 0 Å². The Bertz CT molecular complexity index is 359. The van der Waals surface area contributed by atoms with E-state index in [0.29, 0.717) is 17.0 Å². The van der Waals surface area contributed by atoms with Gasteiger partial charge in [0.05, 0.1) is 5.56 Å². The molecule has 1 aromatic rings. The molecule has 1 N–H and O–H groups in total. The summed E-state index contributed by atoms with van der Waals surface area (Å²) in [6.45, 7) is 3.71. The normalized spacial score (nSPS) is 10.2. The van der Waals surface area contributed by atoms with Gasteiger partial charge < -0.3 is 5.11 Å². The molecule has 3 heteroatoms. The Kier molecular flexibility index (Phi) is 3.53. The Morgan fingerprint density at radius 2 is 2.14 bits per heavy atom. The minimum Gasteiger partial charge on any atom is -0.507 e. The number of phenolic OH excluding ortho intramolecular Hbond substituents is 1. The van der Waals surface area contributed by atoms with Crippen molar-refractivity contribution in [2.75, 3.05) is 0 Å². The van der Waals surface area contributed by atoms with Crippen molar-refractivity contribution >= 4 is 17.4 Å². The van der Waals surface area contributed by atoms with Crippen molar-refractivity contribution in [3.05, 3.63) is 28.3 Å². The van der Waals surface area contributed by atoms with Crippen molar-refractivity contribution < 1.29 is 9.90 Å². The Hall–Kier alpha value is -1.02. The van der Waals surface area contributed by atoms with Crippen LogP contribution in [0, 0.1) is 6.92 Å². The van der Waals surface area contributed by atoms with Gasteiger partial charge in [-0.25, -0.2) is 0 Å². The number of ketones is 1. The summed E-state index contributed by atoms with van der Waals surface area (Å²) >= 11 is 5.87. The number of aromatic hydroxyl groups is 1. The lowest BCUT2D eigenvalue weighted by molar-refractivity contribution is 0.0979. The lowest BCUT2D eigenvalue weighted by atomic mass is 10.0. The molecule has 2 nitrogen and oxygen atoms in total. The third-order valence-corrected chi connectivity index (χ3v) is 2.46. The van der Waals surface area contributed by atoms with Gasteiger partial charge >= 0.3 is 0 Å². The highest BCUT2D eigenvalue weighted by atomic mass is 35.5. The van der Waals surface area contributed by atoms with Gasteiger partial charge in [-0.1, -0.05) is 18.5 Å². The van der Waals surface area contributed by atoms with Crippen LogP contribution in [-0.4, -0.2) is 10.9 Å². The van der Waals surface area contributed by atoms with Crippen molar-refractivity contribution in [2.24, 2.45) is 0 Å². The number of benzene rings is 1. The topological polar surface area (TPSA) is 37.3 Å². The predicted molar refractivity (Wildman–Crippen MR) is 57.1 cm³/mol. The van der Waals surface area contributed by atoms with Crippen LogP contribution in [0.4, 0.5) is 0 Å². The molecule has 76 valence electrons. The summed E-state index contributed by atoms with van der Waals surface area (Å²) in [6.07, 6.45) is 1.21. The highest BCUT2D eigenvalue weighted by molar-refractivity contribution is 6.31. The fraction of sp³-hybridized carbons (Fsp3) is 0.364. The molecule has 0 aliphatic heterocycles. The fourth-order valence-corrected chi connectivity index (χ4v) is 1.42. The number of halogens is 1. The summed E-state index contributed by atoms with van der Waals surface area (Å²) in [4.78, 5) is 11.5. The summed E-state index contributed by atoms with van der Waals surface area (Å²) in [7, 11) is 0. The highest BCUT2D eigenvalue weighted by Gasteiger charge is 2.12. The molecule has 0 amide bonds. The van der Waals surface area contributed by atoms with E-state index in [1.54, 1.807) is 6.92 Å². The van der Waals surface area contributed by atoms with Gasteiger partial charge in [-0.3, -0.25) is 4.79 Å². The van der Waals surface area contributed by atoms with Crippen LogP contribution in [0.25, 0.3) is 0 Å². The van der Waals surface area contributed by atoms with Crippen LogP contribution in [0.1, 0.15) is 35.7 Å². The lowest BCUT2D eigenvalue weighted by Crippen LogP contribution is -1.99. The van der Waals surface area contributed by atoms with Gasteiger partial charge in [-0.05, 0) is 31.0 Å². The molecule has 0 aliphatic rings. The molecular formula is C11H13ClO2. The zero-order valence-corrected chi connectivity index (χ0v) is 9.06. The van der Waals surface area contributed by atoms with Crippen LogP contribution >= 0.6 is 11.6 Å². The highest BCUT2D eigenvalue weighted by Crippen LogP contribution is 2.26. The number of Topliss-reactive ketones (excluding diaryl/α,β-unsaturated/α-hetero) is 1. The molecule has 0 heterocycles. The van der Waals surface area contributed by atoms with Crippen LogP contribution in [0.15, 0.2) is 12.1 Å². The third kappa shape index (κ3) is 2.26. The number of carbonyl (C=O) groups is 1. The molecule has 0 spiro atoms. The maximum atomic E-state index is 11.5. The number of hydrogen-bond donors (Lipinski definition) is 1. The molecule has 14 heavy (non-hydrogen) atoms. The van der Waals surface area contributed by atoms with Gasteiger partial charge in [-0.2, -0.15) is 0 Å². The first kappa shape index (κ1) is 11.1. The van der Waals surface area contributed by atoms with Gasteiger partial charge in [0.2, 0.25) is 0 Å². The van der Waals surface area contributed by atoms with E-state index in [0.717, 1.165) is 12.0 Å². The van der Waals surface area contributed by atoms with E-state index in [-0.39, 0.29) is 11.5 Å². The molecule has 0 bridgehead atoms. The van der Waals surface area contributed by atoms with Gasteiger partial charge in [0.15, 0.2) is 5.78 Å². The molecule has 0 saturated heterocycles. The Balaban J connectivity index is 3.09. The van der Waals surface area contributed by atoms with Crippen LogP contribution in [0.3, 0.4) is 0 Å². The SMILES string of the molecule is CCCC(=O)c1cc(Cl)c(C)cc1O. The molecule has 0 radical (unpaired) electrons. The number of aryl methyl sites for hydroxylation is 1. The smallest absolute Gasteiger partial charge is 0.166 e. The van der Waals surface area contributed by atoms with Crippen molar-refractivity contribution in [3.63, 3.8) is 0 Å².